The fourth-order valence-electron chi connectivity index (χ4n) is 0.987. The van der Waals surface area contributed by atoms with Gasteiger partial charge in [-0.15, -0.1) is 0 Å². The molecule has 78 valence electrons. The average Bonchev–Trinajstić information content (AvgIpc) is 2.27. The van der Waals surface area contributed by atoms with Crippen LogP contribution >= 0.6 is 0 Å². The molecule has 0 fully saturated rings. The summed E-state index contributed by atoms with van der Waals surface area (Å²) in [6.07, 6.45) is 1.09. The molecule has 0 saturated heterocycles. The standard InChI is InChI=1S/C8H10O4S2/c1-7(2)5-14(11,12)8-3-4-13(9,10)6-8/h3-4,6H,1,5H2,2H3. The molecule has 0 aromatic rings. The number of sulfone groups is 2. The first-order chi connectivity index (χ1) is 6.23. The SMILES string of the molecule is C=C(C)CS(=O)(=O)C1=CS(=O)(=O)C=C1. The fraction of sp³-hybridized carbons (Fsp3) is 0.250. The Morgan fingerprint density at radius 1 is 1.50 bits per heavy atom. The van der Waals surface area contributed by atoms with Gasteiger partial charge in [-0.3, -0.25) is 0 Å². The van der Waals surface area contributed by atoms with Gasteiger partial charge < -0.3 is 0 Å². The van der Waals surface area contributed by atoms with E-state index < -0.39 is 19.7 Å². The Hall–Kier alpha value is -0.880. The molecule has 1 rings (SSSR count). The van der Waals surface area contributed by atoms with Crippen LogP contribution in [0, 0.1) is 0 Å². The molecule has 1 aliphatic rings. The van der Waals surface area contributed by atoms with E-state index in [0.717, 1.165) is 16.9 Å². The van der Waals surface area contributed by atoms with E-state index in [1.807, 2.05) is 0 Å². The predicted molar refractivity (Wildman–Crippen MR) is 54.7 cm³/mol. The van der Waals surface area contributed by atoms with Crippen molar-refractivity contribution < 1.29 is 16.8 Å². The maximum Gasteiger partial charge on any atom is 0.194 e. The molecule has 6 heteroatoms. The largest absolute Gasteiger partial charge is 0.223 e. The van der Waals surface area contributed by atoms with Gasteiger partial charge in [0.2, 0.25) is 0 Å². The molecule has 0 unspecified atom stereocenters. The number of rotatable bonds is 3. The van der Waals surface area contributed by atoms with Crippen LogP contribution in [-0.2, 0) is 19.7 Å². The van der Waals surface area contributed by atoms with E-state index in [1.54, 1.807) is 6.92 Å². The van der Waals surface area contributed by atoms with Gasteiger partial charge in [-0.25, -0.2) is 16.8 Å². The molecule has 0 saturated carbocycles. The minimum Gasteiger partial charge on any atom is -0.223 e. The van der Waals surface area contributed by atoms with Gasteiger partial charge in [0.1, 0.15) is 0 Å². The topological polar surface area (TPSA) is 68.3 Å². The molecule has 14 heavy (non-hydrogen) atoms. The van der Waals surface area contributed by atoms with Gasteiger partial charge in [0.25, 0.3) is 0 Å². The van der Waals surface area contributed by atoms with Gasteiger partial charge in [-0.1, -0.05) is 12.2 Å². The second-order valence-corrected chi connectivity index (χ2v) is 6.80. The first-order valence-electron chi connectivity index (χ1n) is 3.75. The van der Waals surface area contributed by atoms with Crippen LogP contribution in [0.1, 0.15) is 6.92 Å². The van der Waals surface area contributed by atoms with Crippen LogP contribution in [0.15, 0.2) is 33.9 Å². The minimum absolute atomic E-state index is 0.166. The van der Waals surface area contributed by atoms with Crippen molar-refractivity contribution in [1.29, 1.82) is 0 Å². The quantitative estimate of drug-likeness (QED) is 0.676. The van der Waals surface area contributed by atoms with E-state index >= 15 is 0 Å². The molecule has 0 amide bonds. The van der Waals surface area contributed by atoms with Crippen LogP contribution in [0.25, 0.3) is 0 Å². The Morgan fingerprint density at radius 3 is 2.43 bits per heavy atom. The molecule has 0 aromatic carbocycles. The van der Waals surface area contributed by atoms with Crippen molar-refractivity contribution in [2.45, 2.75) is 6.92 Å². The summed E-state index contributed by atoms with van der Waals surface area (Å²) in [6.45, 7) is 5.04. The molecule has 0 N–H and O–H groups in total. The third-order valence-corrected chi connectivity index (χ3v) is 4.59. The molecule has 1 aliphatic heterocycles. The van der Waals surface area contributed by atoms with Crippen LogP contribution in [0.4, 0.5) is 0 Å². The molecule has 4 nitrogen and oxygen atoms in total. The van der Waals surface area contributed by atoms with Gasteiger partial charge in [-0.05, 0) is 13.0 Å². The summed E-state index contributed by atoms with van der Waals surface area (Å²) >= 11 is 0. The first kappa shape index (κ1) is 11.2. The van der Waals surface area contributed by atoms with Crippen molar-refractivity contribution in [3.8, 4) is 0 Å². The van der Waals surface area contributed by atoms with Crippen molar-refractivity contribution in [3.63, 3.8) is 0 Å². The van der Waals surface area contributed by atoms with E-state index in [9.17, 15) is 16.8 Å². The van der Waals surface area contributed by atoms with E-state index in [-0.39, 0.29) is 10.7 Å². The van der Waals surface area contributed by atoms with Crippen molar-refractivity contribution >= 4 is 19.7 Å². The highest BCUT2D eigenvalue weighted by atomic mass is 32.2. The lowest BCUT2D eigenvalue weighted by Gasteiger charge is -2.00. The van der Waals surface area contributed by atoms with E-state index in [2.05, 4.69) is 6.58 Å². The summed E-state index contributed by atoms with van der Waals surface area (Å²) < 4.78 is 44.8. The Balaban J connectivity index is 3.11. The van der Waals surface area contributed by atoms with Crippen LogP contribution in [0.3, 0.4) is 0 Å². The molecule has 0 radical (unpaired) electrons. The van der Waals surface area contributed by atoms with Crippen LogP contribution < -0.4 is 0 Å². The number of hydrogen-bond donors (Lipinski definition) is 0. The van der Waals surface area contributed by atoms with Gasteiger partial charge in [0.05, 0.1) is 16.1 Å². The molecular formula is C8H10O4S2. The Bertz CT molecular complexity index is 518. The zero-order valence-corrected chi connectivity index (χ0v) is 9.23. The normalized spacial score (nSPS) is 19.4. The summed E-state index contributed by atoms with van der Waals surface area (Å²) in [7, 11) is -7.00. The van der Waals surface area contributed by atoms with Crippen LogP contribution in [0.5, 0.6) is 0 Å². The number of allylic oxidation sites excluding steroid dienone is 1. The maximum absolute atomic E-state index is 11.5. The summed E-state index contributed by atoms with van der Waals surface area (Å²) in [5, 5.41) is 1.63. The van der Waals surface area contributed by atoms with Gasteiger partial charge in [-0.2, -0.15) is 0 Å². The highest BCUT2D eigenvalue weighted by Crippen LogP contribution is 2.20. The number of hydrogen-bond acceptors (Lipinski definition) is 4. The van der Waals surface area contributed by atoms with Gasteiger partial charge in [0, 0.05) is 5.41 Å². The maximum atomic E-state index is 11.5. The lowest BCUT2D eigenvalue weighted by Crippen LogP contribution is -2.07. The first-order valence-corrected chi connectivity index (χ1v) is 7.01. The lowest BCUT2D eigenvalue weighted by molar-refractivity contribution is 0.603. The smallest absolute Gasteiger partial charge is 0.194 e. The van der Waals surface area contributed by atoms with Gasteiger partial charge in [0.15, 0.2) is 19.7 Å². The lowest BCUT2D eigenvalue weighted by atomic mass is 10.4. The van der Waals surface area contributed by atoms with Crippen molar-refractivity contribution in [1.82, 2.24) is 0 Å². The summed E-state index contributed by atoms with van der Waals surface area (Å²) in [4.78, 5) is -0.166. The van der Waals surface area contributed by atoms with Gasteiger partial charge >= 0.3 is 0 Å². The second kappa shape index (κ2) is 3.36. The van der Waals surface area contributed by atoms with Crippen LogP contribution in [-0.4, -0.2) is 22.6 Å². The second-order valence-electron chi connectivity index (χ2n) is 3.13. The molecule has 0 bridgehead atoms. The molecular weight excluding hydrogens is 224 g/mol. The third kappa shape index (κ3) is 2.55. The molecule has 0 aromatic heterocycles. The zero-order valence-electron chi connectivity index (χ0n) is 7.60. The third-order valence-electron chi connectivity index (χ3n) is 1.50. The highest BCUT2D eigenvalue weighted by Gasteiger charge is 2.22. The zero-order chi connectivity index (χ0) is 11.0. The summed E-state index contributed by atoms with van der Waals surface area (Å²) in [5.74, 6) is -0.224. The van der Waals surface area contributed by atoms with Crippen molar-refractivity contribution in [2.75, 3.05) is 5.75 Å². The Morgan fingerprint density at radius 2 is 2.07 bits per heavy atom. The Labute approximate surface area is 83.5 Å². The van der Waals surface area contributed by atoms with Crippen molar-refractivity contribution in [3.05, 3.63) is 33.9 Å². The Kier molecular flexibility index (Phi) is 2.69. The molecule has 0 aliphatic carbocycles. The molecule has 0 atom stereocenters. The van der Waals surface area contributed by atoms with Crippen LogP contribution in [0.2, 0.25) is 0 Å². The molecule has 1 heterocycles. The predicted octanol–water partition coefficient (Wildman–Crippen LogP) is 0.761. The monoisotopic (exact) mass is 234 g/mol. The molecule has 0 spiro atoms. The average molecular weight is 234 g/mol. The highest BCUT2D eigenvalue weighted by molar-refractivity contribution is 8.00. The van der Waals surface area contributed by atoms with E-state index in [1.165, 1.54) is 0 Å². The summed E-state index contributed by atoms with van der Waals surface area (Å²) in [6, 6.07) is 0. The summed E-state index contributed by atoms with van der Waals surface area (Å²) in [5.41, 5.74) is 0.476. The minimum atomic E-state index is -3.53. The fourth-order valence-corrected chi connectivity index (χ4v) is 3.97. The van der Waals surface area contributed by atoms with E-state index in [0.29, 0.717) is 5.57 Å². The van der Waals surface area contributed by atoms with Crippen molar-refractivity contribution in [2.24, 2.45) is 0 Å². The van der Waals surface area contributed by atoms with E-state index in [4.69, 9.17) is 0 Å².